The molecule has 0 aliphatic carbocycles. The number of rotatable bonds is 4. The highest BCUT2D eigenvalue weighted by Crippen LogP contribution is 2.23. The van der Waals surface area contributed by atoms with E-state index in [1.165, 1.54) is 0 Å². The molecule has 0 atom stereocenters. The van der Waals surface area contributed by atoms with Gasteiger partial charge in [0.1, 0.15) is 11.5 Å². The minimum atomic E-state index is 0.453. The van der Waals surface area contributed by atoms with Crippen LogP contribution in [0.15, 0.2) is 18.2 Å². The lowest BCUT2D eigenvalue weighted by atomic mass is 10.3. The second-order valence-electron chi connectivity index (χ2n) is 4.00. The second kappa shape index (κ2) is 6.25. The minimum absolute atomic E-state index is 0.453. The second-order valence-corrected chi connectivity index (χ2v) is 5.08. The molecule has 0 spiro atoms. The summed E-state index contributed by atoms with van der Waals surface area (Å²) in [5.74, 6) is 1.40. The highest BCUT2D eigenvalue weighted by molar-refractivity contribution is 14.1. The lowest BCUT2D eigenvalue weighted by Gasteiger charge is -2.10. The molecule has 0 saturated carbocycles. The van der Waals surface area contributed by atoms with Crippen LogP contribution < -0.4 is 5.32 Å². The number of aryl methyl sites for hydroxylation is 1. The molecule has 100 valence electrons. The molecule has 6 heteroatoms. The number of ether oxygens (including phenoxy) is 1. The van der Waals surface area contributed by atoms with Crippen molar-refractivity contribution in [1.29, 1.82) is 0 Å². The highest BCUT2D eigenvalue weighted by Gasteiger charge is 2.13. The minimum Gasteiger partial charge on any atom is -0.378 e. The van der Waals surface area contributed by atoms with E-state index in [-0.39, 0.29) is 0 Å². The average molecular weight is 370 g/mol. The van der Waals surface area contributed by atoms with E-state index in [0.29, 0.717) is 12.4 Å². The van der Waals surface area contributed by atoms with Gasteiger partial charge in [0, 0.05) is 19.9 Å². The standard InChI is InChI=1S/C13H15IN4O/c1-8-5-4-6-9(16-8)12-17-10(7-19-3)11(14)13(15-2)18-12/h4-6H,7H2,1-3H3,(H,15,17,18). The van der Waals surface area contributed by atoms with Crippen LogP contribution in [0.3, 0.4) is 0 Å². The number of hydrogen-bond acceptors (Lipinski definition) is 5. The van der Waals surface area contributed by atoms with Crippen LogP contribution in [0.25, 0.3) is 11.5 Å². The molecule has 2 rings (SSSR count). The topological polar surface area (TPSA) is 59.9 Å². The van der Waals surface area contributed by atoms with Gasteiger partial charge in [-0.3, -0.25) is 0 Å². The van der Waals surface area contributed by atoms with Crippen LogP contribution in [0, 0.1) is 10.5 Å². The van der Waals surface area contributed by atoms with Gasteiger partial charge in [0.25, 0.3) is 0 Å². The van der Waals surface area contributed by atoms with Crippen LogP contribution >= 0.6 is 22.6 Å². The Kier molecular flexibility index (Phi) is 4.65. The van der Waals surface area contributed by atoms with Crippen molar-refractivity contribution in [2.75, 3.05) is 19.5 Å². The zero-order valence-corrected chi connectivity index (χ0v) is 13.2. The Bertz CT molecular complexity index is 589. The third kappa shape index (κ3) is 3.19. The summed E-state index contributed by atoms with van der Waals surface area (Å²) in [5.41, 5.74) is 2.57. The molecule has 19 heavy (non-hydrogen) atoms. The third-order valence-electron chi connectivity index (χ3n) is 2.56. The summed E-state index contributed by atoms with van der Waals surface area (Å²) in [6.45, 7) is 2.40. The van der Waals surface area contributed by atoms with Gasteiger partial charge in [0.05, 0.1) is 15.9 Å². The molecule has 2 heterocycles. The van der Waals surface area contributed by atoms with Crippen molar-refractivity contribution < 1.29 is 4.74 Å². The van der Waals surface area contributed by atoms with Crippen LogP contribution in [0.2, 0.25) is 0 Å². The largest absolute Gasteiger partial charge is 0.378 e. The molecule has 5 nitrogen and oxygen atoms in total. The first kappa shape index (κ1) is 14.1. The fourth-order valence-corrected chi connectivity index (χ4v) is 2.34. The lowest BCUT2D eigenvalue weighted by molar-refractivity contribution is 0.181. The zero-order valence-electron chi connectivity index (χ0n) is 11.1. The Balaban J connectivity index is 2.54. The van der Waals surface area contributed by atoms with Crippen molar-refractivity contribution >= 4 is 28.4 Å². The van der Waals surface area contributed by atoms with Gasteiger partial charge in [0.15, 0.2) is 5.82 Å². The van der Waals surface area contributed by atoms with E-state index < -0.39 is 0 Å². The average Bonchev–Trinajstić information content (AvgIpc) is 2.41. The molecule has 0 amide bonds. The molecular weight excluding hydrogens is 355 g/mol. The number of hydrogen-bond donors (Lipinski definition) is 1. The number of anilines is 1. The molecule has 0 unspecified atom stereocenters. The summed E-state index contributed by atoms with van der Waals surface area (Å²) in [4.78, 5) is 13.5. The Morgan fingerprint density at radius 3 is 2.68 bits per heavy atom. The Labute approximate surface area is 126 Å². The van der Waals surface area contributed by atoms with E-state index in [4.69, 9.17) is 4.74 Å². The van der Waals surface area contributed by atoms with Crippen LogP contribution in [-0.2, 0) is 11.3 Å². The van der Waals surface area contributed by atoms with E-state index >= 15 is 0 Å². The fourth-order valence-electron chi connectivity index (χ4n) is 1.67. The van der Waals surface area contributed by atoms with Crippen LogP contribution in [0.5, 0.6) is 0 Å². The number of nitrogens with one attached hydrogen (secondary N) is 1. The first-order chi connectivity index (χ1) is 9.15. The maximum Gasteiger partial charge on any atom is 0.180 e. The zero-order chi connectivity index (χ0) is 13.8. The summed E-state index contributed by atoms with van der Waals surface area (Å²) in [7, 11) is 3.50. The third-order valence-corrected chi connectivity index (χ3v) is 3.69. The number of pyridine rings is 1. The summed E-state index contributed by atoms with van der Waals surface area (Å²) in [6.07, 6.45) is 0. The van der Waals surface area contributed by atoms with E-state index in [2.05, 4.69) is 42.9 Å². The predicted molar refractivity (Wildman–Crippen MR) is 83.0 cm³/mol. The maximum absolute atomic E-state index is 5.18. The first-order valence-corrected chi connectivity index (χ1v) is 6.90. The Hall–Kier alpha value is -1.28. The van der Waals surface area contributed by atoms with Gasteiger partial charge in [-0.1, -0.05) is 6.07 Å². The SMILES string of the molecule is CNc1nc(-c2cccc(C)n2)nc(COC)c1I. The van der Waals surface area contributed by atoms with Crippen molar-refractivity contribution in [2.45, 2.75) is 13.5 Å². The molecule has 0 bridgehead atoms. The van der Waals surface area contributed by atoms with Crippen molar-refractivity contribution in [3.63, 3.8) is 0 Å². The summed E-state index contributed by atoms with van der Waals surface area (Å²) in [6, 6.07) is 5.81. The number of halogens is 1. The van der Waals surface area contributed by atoms with Gasteiger partial charge in [-0.15, -0.1) is 0 Å². The molecule has 0 radical (unpaired) electrons. The molecule has 0 aromatic carbocycles. The monoisotopic (exact) mass is 370 g/mol. The Morgan fingerprint density at radius 1 is 1.26 bits per heavy atom. The fraction of sp³-hybridized carbons (Fsp3) is 0.308. The maximum atomic E-state index is 5.18. The summed E-state index contributed by atoms with van der Waals surface area (Å²) >= 11 is 2.22. The van der Waals surface area contributed by atoms with Gasteiger partial charge in [-0.2, -0.15) is 0 Å². The first-order valence-electron chi connectivity index (χ1n) is 5.83. The highest BCUT2D eigenvalue weighted by atomic mass is 127. The van der Waals surface area contributed by atoms with Crippen molar-refractivity contribution in [3.8, 4) is 11.5 Å². The molecule has 1 N–H and O–H groups in total. The Morgan fingerprint density at radius 2 is 2.05 bits per heavy atom. The van der Waals surface area contributed by atoms with E-state index in [1.54, 1.807) is 7.11 Å². The van der Waals surface area contributed by atoms with Gasteiger partial charge in [-0.05, 0) is 41.6 Å². The van der Waals surface area contributed by atoms with E-state index in [9.17, 15) is 0 Å². The van der Waals surface area contributed by atoms with E-state index in [0.717, 1.165) is 26.5 Å². The summed E-state index contributed by atoms with van der Waals surface area (Å²) < 4.78 is 6.15. The molecule has 0 fully saturated rings. The molecular formula is C13H15IN4O. The molecule has 2 aromatic rings. The molecule has 0 aliphatic heterocycles. The van der Waals surface area contributed by atoms with E-state index in [1.807, 2.05) is 32.2 Å². The van der Waals surface area contributed by atoms with Gasteiger partial charge in [-0.25, -0.2) is 15.0 Å². The number of nitrogens with zero attached hydrogens (tertiary/aromatic N) is 3. The summed E-state index contributed by atoms with van der Waals surface area (Å²) in [5, 5.41) is 3.08. The molecule has 0 saturated heterocycles. The van der Waals surface area contributed by atoms with Crippen LogP contribution in [0.1, 0.15) is 11.4 Å². The van der Waals surface area contributed by atoms with Crippen molar-refractivity contribution in [3.05, 3.63) is 33.2 Å². The quantitative estimate of drug-likeness (QED) is 0.839. The molecule has 2 aromatic heterocycles. The van der Waals surface area contributed by atoms with Gasteiger partial charge < -0.3 is 10.1 Å². The lowest BCUT2D eigenvalue weighted by Crippen LogP contribution is -2.07. The van der Waals surface area contributed by atoms with Crippen LogP contribution in [-0.4, -0.2) is 29.1 Å². The normalized spacial score (nSPS) is 10.5. The van der Waals surface area contributed by atoms with Crippen molar-refractivity contribution in [2.24, 2.45) is 0 Å². The number of aromatic nitrogens is 3. The van der Waals surface area contributed by atoms with Crippen molar-refractivity contribution in [1.82, 2.24) is 15.0 Å². The number of methoxy groups -OCH3 is 1. The smallest absolute Gasteiger partial charge is 0.180 e. The van der Waals surface area contributed by atoms with Crippen LogP contribution in [0.4, 0.5) is 5.82 Å². The van der Waals surface area contributed by atoms with Gasteiger partial charge >= 0.3 is 0 Å². The van der Waals surface area contributed by atoms with Gasteiger partial charge in [0.2, 0.25) is 0 Å². The predicted octanol–water partition coefficient (Wildman–Crippen LogP) is 2.64. The molecule has 0 aliphatic rings.